The molecule has 0 aliphatic rings. The molecule has 0 atom stereocenters. The smallest absolute Gasteiger partial charge is 0.135 e. The molecule has 1 nitrogen and oxygen atoms in total. The van der Waals surface area contributed by atoms with E-state index in [1.807, 2.05) is 0 Å². The molecule has 0 radical (unpaired) electrons. The van der Waals surface area contributed by atoms with Gasteiger partial charge in [-0.15, -0.1) is 0 Å². The van der Waals surface area contributed by atoms with Crippen molar-refractivity contribution in [3.05, 3.63) is 157 Å². The number of furan rings is 1. The maximum Gasteiger partial charge on any atom is 0.135 e. The van der Waals surface area contributed by atoms with E-state index in [0.717, 1.165) is 0 Å². The highest BCUT2D eigenvalue weighted by Gasteiger charge is 2.18. The predicted molar refractivity (Wildman–Crippen MR) is 183 cm³/mol. The Morgan fingerprint density at radius 1 is 0.372 bits per heavy atom. The molecular weight excluding hydrogens is 520 g/mol. The predicted octanol–water partition coefficient (Wildman–Crippen LogP) is 12.0. The normalized spacial score (nSPS) is 17.9. The lowest BCUT2D eigenvalue weighted by Crippen LogP contribution is -1.91. The molecule has 0 aliphatic heterocycles. The van der Waals surface area contributed by atoms with Crippen LogP contribution in [0.15, 0.2) is 162 Å². The van der Waals surface area contributed by atoms with E-state index in [-0.39, 0.29) is 124 Å². The number of rotatable bonds is 3. The zero-order chi connectivity index (χ0) is 44.9. The van der Waals surface area contributed by atoms with Crippen molar-refractivity contribution in [1.82, 2.24) is 0 Å². The molecular formula is C42H26O. The average Bonchev–Trinajstić information content (AvgIpc) is 3.64. The molecule has 1 aromatic heterocycles. The summed E-state index contributed by atoms with van der Waals surface area (Å²) in [6.45, 7) is 0. The fraction of sp³-hybridized carbons (Fsp3) is 0. The molecule has 1 heterocycles. The maximum atomic E-state index is 9.65. The van der Waals surface area contributed by atoms with Crippen LogP contribution in [0.4, 0.5) is 0 Å². The van der Waals surface area contributed by atoms with Crippen LogP contribution in [-0.4, -0.2) is 0 Å². The first-order valence-corrected chi connectivity index (χ1v) is 13.2. The Hall–Kier alpha value is -5.66. The molecule has 0 amide bonds. The van der Waals surface area contributed by atoms with Crippen LogP contribution in [0, 0.1) is 0 Å². The summed E-state index contributed by atoms with van der Waals surface area (Å²) in [5, 5.41) is -0.154. The van der Waals surface area contributed by atoms with Crippen LogP contribution in [0.1, 0.15) is 26.0 Å². The second-order valence-electron chi connectivity index (χ2n) is 9.82. The Morgan fingerprint density at radius 3 is 1.79 bits per heavy atom. The third-order valence-corrected chi connectivity index (χ3v) is 7.45. The van der Waals surface area contributed by atoms with Gasteiger partial charge in [-0.2, -0.15) is 0 Å². The first kappa shape index (κ1) is 11.9. The van der Waals surface area contributed by atoms with Crippen LogP contribution in [0.2, 0.25) is 0 Å². The number of hydrogen-bond acceptors (Lipinski definition) is 1. The second kappa shape index (κ2) is 9.44. The molecule has 0 fully saturated rings. The van der Waals surface area contributed by atoms with Crippen molar-refractivity contribution >= 4 is 54.3 Å². The van der Waals surface area contributed by atoms with E-state index in [0.29, 0.717) is 0 Å². The van der Waals surface area contributed by atoms with Crippen molar-refractivity contribution in [2.45, 2.75) is 0 Å². The van der Waals surface area contributed by atoms with Gasteiger partial charge in [-0.25, -0.2) is 0 Å². The molecule has 0 unspecified atom stereocenters. The van der Waals surface area contributed by atoms with Crippen LogP contribution < -0.4 is 0 Å². The summed E-state index contributed by atoms with van der Waals surface area (Å²) in [5.41, 5.74) is -1.04. The minimum absolute atomic E-state index is 0.00110. The van der Waals surface area contributed by atoms with Crippen molar-refractivity contribution in [3.8, 4) is 33.4 Å². The van der Waals surface area contributed by atoms with Gasteiger partial charge in [0.25, 0.3) is 0 Å². The second-order valence-corrected chi connectivity index (χ2v) is 9.82. The lowest BCUT2D eigenvalue weighted by atomic mass is 9.85. The van der Waals surface area contributed by atoms with E-state index in [2.05, 4.69) is 0 Å². The standard InChI is InChI=1S/C42H26O/c1-2-11-28-24-30(21-20-27(28)10-1)29-12-9-13-31(25-29)41-34-15-3-5-17-36(34)42(37-18-6-4-16-35(37)41)32-22-23-40-38(26-32)33-14-7-8-19-39(33)43-40/h1-26H/i1D,2D,3D,4D,5D,6D,7D,8D,9D,10D,11D,12D,14D,19D,20D,22D,23D,25D,26D. The van der Waals surface area contributed by atoms with Crippen molar-refractivity contribution in [3.63, 3.8) is 0 Å². The minimum Gasteiger partial charge on any atom is -0.456 e. The van der Waals surface area contributed by atoms with Crippen molar-refractivity contribution in [1.29, 1.82) is 0 Å². The van der Waals surface area contributed by atoms with Gasteiger partial charge in [0.05, 0.1) is 26.0 Å². The molecule has 0 saturated carbocycles. The fourth-order valence-corrected chi connectivity index (χ4v) is 5.57. The molecule has 8 aromatic carbocycles. The van der Waals surface area contributed by atoms with Crippen molar-refractivity contribution in [2.75, 3.05) is 0 Å². The van der Waals surface area contributed by atoms with Gasteiger partial charge in [-0.05, 0) is 95.9 Å². The van der Waals surface area contributed by atoms with Gasteiger partial charge >= 0.3 is 0 Å². The summed E-state index contributed by atoms with van der Waals surface area (Å²) in [6, 6.07) is 0.0816. The molecule has 200 valence electrons. The van der Waals surface area contributed by atoms with Crippen LogP contribution in [0.5, 0.6) is 0 Å². The Balaban J connectivity index is 1.46. The van der Waals surface area contributed by atoms with E-state index >= 15 is 0 Å². The van der Waals surface area contributed by atoms with E-state index in [1.54, 1.807) is 0 Å². The Labute approximate surface area is 275 Å². The van der Waals surface area contributed by atoms with E-state index in [1.165, 1.54) is 42.5 Å². The zero-order valence-electron chi connectivity index (χ0n) is 40.9. The summed E-state index contributed by atoms with van der Waals surface area (Å²) in [5.74, 6) is 0. The van der Waals surface area contributed by atoms with Gasteiger partial charge in [0, 0.05) is 10.8 Å². The third kappa shape index (κ3) is 3.79. The molecule has 43 heavy (non-hydrogen) atoms. The molecule has 9 rings (SSSR count). The Bertz CT molecular complexity index is 3510. The lowest BCUT2D eigenvalue weighted by molar-refractivity contribution is 0.669. The monoisotopic (exact) mass is 565 g/mol. The van der Waals surface area contributed by atoms with Gasteiger partial charge in [0.1, 0.15) is 11.2 Å². The van der Waals surface area contributed by atoms with Gasteiger partial charge in [-0.1, -0.05) is 127 Å². The first-order chi connectivity index (χ1) is 29.2. The number of para-hydroxylation sites is 1. The van der Waals surface area contributed by atoms with Crippen LogP contribution in [-0.2, 0) is 0 Å². The first-order valence-electron chi connectivity index (χ1n) is 22.7. The zero-order valence-corrected chi connectivity index (χ0v) is 21.9. The summed E-state index contributed by atoms with van der Waals surface area (Å²) in [6.07, 6.45) is 0. The molecule has 9 aromatic rings. The average molecular weight is 566 g/mol. The molecule has 0 saturated heterocycles. The maximum absolute atomic E-state index is 9.65. The highest BCUT2D eigenvalue weighted by molar-refractivity contribution is 6.22. The van der Waals surface area contributed by atoms with Gasteiger partial charge in [0.2, 0.25) is 0 Å². The summed E-state index contributed by atoms with van der Waals surface area (Å²) in [7, 11) is 0. The summed E-state index contributed by atoms with van der Waals surface area (Å²) in [4.78, 5) is 0. The van der Waals surface area contributed by atoms with Crippen LogP contribution in [0.25, 0.3) is 87.6 Å². The largest absolute Gasteiger partial charge is 0.456 e. The van der Waals surface area contributed by atoms with E-state index in [4.69, 9.17) is 26.3 Å². The van der Waals surface area contributed by atoms with Crippen LogP contribution in [0.3, 0.4) is 0 Å². The third-order valence-electron chi connectivity index (χ3n) is 7.45. The molecule has 0 spiro atoms. The SMILES string of the molecule is [2H]c1cc2c(-c3cc([2H])c([2H])c(-c4cc([2H])c5c([2H])c([2H])c([2H])c([2H])c5c4)c3[2H])c3cc([2H])c([2H])cc3c(-c3c([2H])c([2H])c4oc5c([2H])c([2H])c([2H])c([2H])c5c4c3[2H])c2cc1[2H]. The molecule has 0 N–H and O–H groups in total. The molecule has 0 bridgehead atoms. The Morgan fingerprint density at radius 2 is 1.02 bits per heavy atom. The van der Waals surface area contributed by atoms with Crippen molar-refractivity contribution < 1.29 is 30.5 Å². The summed E-state index contributed by atoms with van der Waals surface area (Å²) >= 11 is 0. The topological polar surface area (TPSA) is 13.1 Å². The minimum atomic E-state index is -0.624. The number of benzene rings is 8. The van der Waals surface area contributed by atoms with Crippen molar-refractivity contribution in [2.24, 2.45) is 0 Å². The molecule has 0 aliphatic carbocycles. The van der Waals surface area contributed by atoms with E-state index < -0.39 is 78.6 Å². The highest BCUT2D eigenvalue weighted by atomic mass is 16.3. The fourth-order valence-electron chi connectivity index (χ4n) is 5.57. The molecule has 1 heteroatoms. The lowest BCUT2D eigenvalue weighted by Gasteiger charge is -2.18. The number of hydrogen-bond donors (Lipinski definition) is 0. The number of fused-ring (bicyclic) bond motifs is 6. The highest BCUT2D eigenvalue weighted by Crippen LogP contribution is 2.45. The van der Waals surface area contributed by atoms with Crippen LogP contribution >= 0.6 is 0 Å². The van der Waals surface area contributed by atoms with Gasteiger partial charge < -0.3 is 4.42 Å². The van der Waals surface area contributed by atoms with Gasteiger partial charge in [0.15, 0.2) is 0 Å². The summed E-state index contributed by atoms with van der Waals surface area (Å²) < 4.78 is 172. The van der Waals surface area contributed by atoms with E-state index in [9.17, 15) is 4.11 Å². The Kier molecular flexibility index (Phi) is 2.61. The van der Waals surface area contributed by atoms with Gasteiger partial charge in [-0.3, -0.25) is 0 Å². The quantitative estimate of drug-likeness (QED) is 0.194.